The summed E-state index contributed by atoms with van der Waals surface area (Å²) in [7, 11) is 0. The number of aromatic nitrogens is 1. The fourth-order valence-electron chi connectivity index (χ4n) is 1.23. The first kappa shape index (κ1) is 11.0. The molecule has 16 heavy (non-hydrogen) atoms. The van der Waals surface area contributed by atoms with Crippen molar-refractivity contribution in [1.29, 1.82) is 0 Å². The molecule has 82 valence electrons. The fourth-order valence-corrected chi connectivity index (χ4v) is 1.56. The number of nitrogens with zero attached hydrogens (tertiary/aromatic N) is 1. The van der Waals surface area contributed by atoms with Crippen LogP contribution in [0.3, 0.4) is 0 Å². The molecule has 0 saturated carbocycles. The van der Waals surface area contributed by atoms with Crippen LogP contribution in [0, 0.1) is 11.8 Å². The van der Waals surface area contributed by atoms with Crippen LogP contribution >= 0.6 is 15.9 Å². The lowest BCUT2D eigenvalue weighted by Gasteiger charge is -2.07. The van der Waals surface area contributed by atoms with Crippen molar-refractivity contribution in [3.63, 3.8) is 0 Å². The molecule has 0 fully saturated rings. The van der Waals surface area contributed by atoms with E-state index in [4.69, 9.17) is 0 Å². The topological polar surface area (TPSA) is 24.9 Å². The van der Waals surface area contributed by atoms with Crippen molar-refractivity contribution in [2.75, 3.05) is 5.32 Å². The summed E-state index contributed by atoms with van der Waals surface area (Å²) in [5.74, 6) is -1.02. The lowest BCUT2D eigenvalue weighted by molar-refractivity contribution is 0.584. The Morgan fingerprint density at radius 2 is 1.94 bits per heavy atom. The van der Waals surface area contributed by atoms with Crippen LogP contribution in [0.4, 0.5) is 20.2 Å². The maximum atomic E-state index is 13.4. The molecule has 5 heteroatoms. The molecule has 0 amide bonds. The lowest BCUT2D eigenvalue weighted by atomic mass is 10.3. The van der Waals surface area contributed by atoms with Crippen LogP contribution in [0.2, 0.25) is 0 Å². The van der Waals surface area contributed by atoms with Crippen molar-refractivity contribution < 1.29 is 8.78 Å². The van der Waals surface area contributed by atoms with Gasteiger partial charge in [0.1, 0.15) is 5.82 Å². The van der Waals surface area contributed by atoms with Gasteiger partial charge in [0.15, 0.2) is 0 Å². The summed E-state index contributed by atoms with van der Waals surface area (Å²) >= 11 is 3.16. The highest BCUT2D eigenvalue weighted by Crippen LogP contribution is 2.22. The van der Waals surface area contributed by atoms with Crippen LogP contribution in [0.25, 0.3) is 0 Å². The van der Waals surface area contributed by atoms with Gasteiger partial charge in [0, 0.05) is 22.4 Å². The molecule has 1 aromatic heterocycles. The molecule has 0 aliphatic rings. The minimum Gasteiger partial charge on any atom is -0.353 e. The third-order valence-corrected chi connectivity index (χ3v) is 2.43. The van der Waals surface area contributed by atoms with Crippen LogP contribution < -0.4 is 5.32 Å². The van der Waals surface area contributed by atoms with Crippen molar-refractivity contribution in [2.45, 2.75) is 0 Å². The van der Waals surface area contributed by atoms with E-state index in [1.54, 1.807) is 18.2 Å². The van der Waals surface area contributed by atoms with E-state index in [2.05, 4.69) is 26.2 Å². The van der Waals surface area contributed by atoms with E-state index < -0.39 is 11.8 Å². The summed E-state index contributed by atoms with van der Waals surface area (Å²) in [6.07, 6.45) is 1.31. The Morgan fingerprint density at radius 3 is 2.62 bits per heavy atom. The Morgan fingerprint density at radius 1 is 1.12 bits per heavy atom. The predicted octanol–water partition coefficient (Wildman–Crippen LogP) is 3.87. The fraction of sp³-hybridized carbons (Fsp3) is 0. The van der Waals surface area contributed by atoms with Crippen LogP contribution in [0.15, 0.2) is 41.0 Å². The van der Waals surface area contributed by atoms with E-state index in [1.807, 2.05) is 0 Å². The number of anilines is 2. The van der Waals surface area contributed by atoms with E-state index in [-0.39, 0.29) is 5.69 Å². The minimum atomic E-state index is -0.609. The summed E-state index contributed by atoms with van der Waals surface area (Å²) in [6, 6.07) is 7.35. The van der Waals surface area contributed by atoms with Gasteiger partial charge in [0.2, 0.25) is 5.95 Å². The smallest absolute Gasteiger partial charge is 0.214 e. The van der Waals surface area contributed by atoms with Crippen LogP contribution in [0.5, 0.6) is 0 Å². The highest BCUT2D eigenvalue weighted by atomic mass is 79.9. The standard InChI is InChI=1S/C11H7BrF2N2/c12-7-1-2-10(9(13)5-7)16-8-3-4-15-11(14)6-8/h1-6H,(H,15,16). The lowest BCUT2D eigenvalue weighted by Crippen LogP contribution is -1.94. The van der Waals surface area contributed by atoms with Crippen molar-refractivity contribution in [3.05, 3.63) is 52.8 Å². The third-order valence-electron chi connectivity index (χ3n) is 1.94. The highest BCUT2D eigenvalue weighted by molar-refractivity contribution is 9.10. The molecule has 1 N–H and O–H groups in total. The Hall–Kier alpha value is -1.49. The number of pyridine rings is 1. The summed E-state index contributed by atoms with van der Waals surface area (Å²) in [4.78, 5) is 3.41. The first-order valence-electron chi connectivity index (χ1n) is 4.49. The molecule has 0 unspecified atom stereocenters. The van der Waals surface area contributed by atoms with Gasteiger partial charge in [-0.3, -0.25) is 0 Å². The Bertz CT molecular complexity index is 517. The van der Waals surface area contributed by atoms with E-state index in [0.29, 0.717) is 10.2 Å². The van der Waals surface area contributed by atoms with E-state index in [0.717, 1.165) is 0 Å². The van der Waals surface area contributed by atoms with Crippen LogP contribution in [-0.2, 0) is 0 Å². The monoisotopic (exact) mass is 284 g/mol. The molecule has 0 aliphatic heterocycles. The highest BCUT2D eigenvalue weighted by Gasteiger charge is 2.03. The van der Waals surface area contributed by atoms with E-state index in [9.17, 15) is 8.78 Å². The normalized spacial score (nSPS) is 10.2. The SMILES string of the molecule is Fc1cc(Nc2ccc(Br)cc2F)ccn1. The molecule has 2 aromatic rings. The Balaban J connectivity index is 2.27. The number of hydrogen-bond acceptors (Lipinski definition) is 2. The van der Waals surface area contributed by atoms with E-state index in [1.165, 1.54) is 18.3 Å². The molecule has 1 heterocycles. The molecular formula is C11H7BrF2N2. The predicted molar refractivity (Wildman–Crippen MR) is 61.6 cm³/mol. The molecule has 2 rings (SSSR count). The molecule has 0 radical (unpaired) electrons. The van der Waals surface area contributed by atoms with Crippen LogP contribution in [0.1, 0.15) is 0 Å². The zero-order valence-electron chi connectivity index (χ0n) is 8.05. The van der Waals surface area contributed by atoms with Gasteiger partial charge >= 0.3 is 0 Å². The van der Waals surface area contributed by atoms with Crippen molar-refractivity contribution >= 4 is 27.3 Å². The van der Waals surface area contributed by atoms with Gasteiger partial charge < -0.3 is 5.32 Å². The van der Waals surface area contributed by atoms with Gasteiger partial charge in [-0.05, 0) is 24.3 Å². The second-order valence-electron chi connectivity index (χ2n) is 3.12. The van der Waals surface area contributed by atoms with Crippen molar-refractivity contribution in [3.8, 4) is 0 Å². The molecule has 0 bridgehead atoms. The van der Waals surface area contributed by atoms with Gasteiger partial charge in [0.25, 0.3) is 0 Å². The molecule has 0 atom stereocenters. The van der Waals surface area contributed by atoms with Gasteiger partial charge in [-0.1, -0.05) is 15.9 Å². The second kappa shape index (κ2) is 4.57. The minimum absolute atomic E-state index is 0.286. The molecule has 2 nitrogen and oxygen atoms in total. The summed E-state index contributed by atoms with van der Waals surface area (Å²) in [6.45, 7) is 0. The largest absolute Gasteiger partial charge is 0.353 e. The van der Waals surface area contributed by atoms with Gasteiger partial charge in [-0.2, -0.15) is 4.39 Å². The number of hydrogen-bond donors (Lipinski definition) is 1. The molecule has 0 saturated heterocycles. The maximum Gasteiger partial charge on any atom is 0.214 e. The summed E-state index contributed by atoms with van der Waals surface area (Å²) < 4.78 is 26.9. The van der Waals surface area contributed by atoms with Crippen LogP contribution in [-0.4, -0.2) is 4.98 Å². The van der Waals surface area contributed by atoms with E-state index >= 15 is 0 Å². The number of rotatable bonds is 2. The first-order valence-corrected chi connectivity index (χ1v) is 5.28. The number of halogens is 3. The van der Waals surface area contributed by atoms with Crippen molar-refractivity contribution in [2.24, 2.45) is 0 Å². The van der Waals surface area contributed by atoms with Gasteiger partial charge in [0.05, 0.1) is 5.69 Å². The molecule has 0 aliphatic carbocycles. The average molecular weight is 285 g/mol. The molecule has 0 spiro atoms. The zero-order valence-corrected chi connectivity index (χ0v) is 9.63. The maximum absolute atomic E-state index is 13.4. The third kappa shape index (κ3) is 2.55. The first-order chi connectivity index (χ1) is 7.65. The molecular weight excluding hydrogens is 278 g/mol. The quantitative estimate of drug-likeness (QED) is 0.847. The molecule has 1 aromatic carbocycles. The average Bonchev–Trinajstić information content (AvgIpc) is 2.22. The van der Waals surface area contributed by atoms with Gasteiger partial charge in [-0.15, -0.1) is 0 Å². The van der Waals surface area contributed by atoms with Gasteiger partial charge in [-0.25, -0.2) is 9.37 Å². The number of benzene rings is 1. The number of nitrogens with one attached hydrogen (secondary N) is 1. The van der Waals surface area contributed by atoms with Crippen molar-refractivity contribution in [1.82, 2.24) is 4.98 Å². The Labute approximate surface area is 99.5 Å². The zero-order chi connectivity index (χ0) is 11.5. The Kier molecular flexibility index (Phi) is 3.14. The summed E-state index contributed by atoms with van der Waals surface area (Å²) in [5.41, 5.74) is 0.738. The second-order valence-corrected chi connectivity index (χ2v) is 4.03. The summed E-state index contributed by atoms with van der Waals surface area (Å²) in [5, 5.41) is 2.76.